The molecular formula is C10H19N3O2S2. The summed E-state index contributed by atoms with van der Waals surface area (Å²) in [6.07, 6.45) is 1.69. The van der Waals surface area contributed by atoms with Crippen LogP contribution in [0.15, 0.2) is 11.1 Å². The van der Waals surface area contributed by atoms with Crippen LogP contribution in [0.4, 0.5) is 5.82 Å². The number of aryl methyl sites for hydroxylation is 1. The molecule has 1 aromatic rings. The van der Waals surface area contributed by atoms with Gasteiger partial charge in [0.1, 0.15) is 5.82 Å². The monoisotopic (exact) mass is 277 g/mol. The van der Waals surface area contributed by atoms with Gasteiger partial charge in [0.2, 0.25) is 0 Å². The molecule has 0 radical (unpaired) electrons. The van der Waals surface area contributed by atoms with E-state index in [4.69, 9.17) is 5.73 Å². The van der Waals surface area contributed by atoms with Crippen molar-refractivity contribution in [1.82, 2.24) is 9.78 Å². The average Bonchev–Trinajstić information content (AvgIpc) is 2.57. The van der Waals surface area contributed by atoms with Crippen LogP contribution in [0.25, 0.3) is 0 Å². The van der Waals surface area contributed by atoms with Gasteiger partial charge in [-0.3, -0.25) is 0 Å². The lowest BCUT2D eigenvalue weighted by molar-refractivity contribution is 0.583. The third-order valence-electron chi connectivity index (χ3n) is 2.26. The fourth-order valence-electron chi connectivity index (χ4n) is 1.27. The average molecular weight is 277 g/mol. The largest absolute Gasteiger partial charge is 0.383 e. The fraction of sp³-hybridized carbons (Fsp3) is 0.700. The maximum atomic E-state index is 11.4. The minimum Gasteiger partial charge on any atom is -0.383 e. The number of thioether (sulfide) groups is 1. The summed E-state index contributed by atoms with van der Waals surface area (Å²) in [4.78, 5) is 0.911. The summed E-state index contributed by atoms with van der Waals surface area (Å²) in [7, 11) is -2.97. The van der Waals surface area contributed by atoms with Crippen LogP contribution in [-0.4, -0.2) is 35.0 Å². The Balaban J connectivity index is 2.71. The molecule has 0 atom stereocenters. The third kappa shape index (κ3) is 4.23. The Bertz CT molecular complexity index is 466. The zero-order chi connectivity index (χ0) is 13.1. The lowest BCUT2D eigenvalue weighted by atomic mass is 10.6. The number of rotatable bonds is 6. The second kappa shape index (κ2) is 5.77. The van der Waals surface area contributed by atoms with Crippen molar-refractivity contribution in [2.45, 2.75) is 37.5 Å². The van der Waals surface area contributed by atoms with Gasteiger partial charge in [-0.25, -0.2) is 13.1 Å². The number of anilines is 1. The standard InChI is InChI=1S/C10H19N3O2S2/c1-4-17(14,15)6-5-13-10(11)9(7-12-13)16-8(2)3/h7-8H,4-6,11H2,1-3H3. The highest BCUT2D eigenvalue weighted by Crippen LogP contribution is 2.27. The van der Waals surface area contributed by atoms with E-state index in [1.54, 1.807) is 29.6 Å². The zero-order valence-electron chi connectivity index (χ0n) is 10.4. The molecule has 0 saturated carbocycles. The predicted molar refractivity (Wildman–Crippen MR) is 72.0 cm³/mol. The maximum absolute atomic E-state index is 11.4. The third-order valence-corrected chi connectivity index (χ3v) is 4.99. The Morgan fingerprint density at radius 2 is 2.18 bits per heavy atom. The van der Waals surface area contributed by atoms with Gasteiger partial charge in [0.05, 0.1) is 23.4 Å². The summed E-state index contributed by atoms with van der Waals surface area (Å²) < 4.78 is 24.3. The van der Waals surface area contributed by atoms with Crippen molar-refractivity contribution in [3.05, 3.63) is 6.20 Å². The van der Waals surface area contributed by atoms with Crippen LogP contribution >= 0.6 is 11.8 Å². The van der Waals surface area contributed by atoms with Gasteiger partial charge in [-0.05, 0) is 0 Å². The number of nitrogen functional groups attached to an aromatic ring is 1. The Morgan fingerprint density at radius 1 is 1.53 bits per heavy atom. The van der Waals surface area contributed by atoms with Crippen molar-refractivity contribution in [3.63, 3.8) is 0 Å². The van der Waals surface area contributed by atoms with E-state index in [-0.39, 0.29) is 11.5 Å². The molecule has 0 spiro atoms. The van der Waals surface area contributed by atoms with E-state index in [1.807, 2.05) is 0 Å². The zero-order valence-corrected chi connectivity index (χ0v) is 12.0. The Labute approximate surface area is 107 Å². The molecule has 5 nitrogen and oxygen atoms in total. The van der Waals surface area contributed by atoms with Crippen molar-refractivity contribution in [2.75, 3.05) is 17.2 Å². The minimum atomic E-state index is -2.97. The number of nitrogens with two attached hydrogens (primary N) is 1. The normalized spacial score (nSPS) is 12.2. The topological polar surface area (TPSA) is 78.0 Å². The highest BCUT2D eigenvalue weighted by molar-refractivity contribution is 8.00. The quantitative estimate of drug-likeness (QED) is 0.795. The van der Waals surface area contributed by atoms with Crippen LogP contribution in [0.5, 0.6) is 0 Å². The minimum absolute atomic E-state index is 0.0845. The van der Waals surface area contributed by atoms with E-state index in [1.165, 1.54) is 0 Å². The molecule has 98 valence electrons. The van der Waals surface area contributed by atoms with E-state index in [0.29, 0.717) is 17.6 Å². The highest BCUT2D eigenvalue weighted by Gasteiger charge is 2.12. The first-order chi connectivity index (χ1) is 7.85. The molecule has 0 aromatic carbocycles. The van der Waals surface area contributed by atoms with Crippen LogP contribution < -0.4 is 5.73 Å². The van der Waals surface area contributed by atoms with Gasteiger partial charge < -0.3 is 5.73 Å². The van der Waals surface area contributed by atoms with E-state index >= 15 is 0 Å². The van der Waals surface area contributed by atoms with E-state index < -0.39 is 9.84 Å². The molecule has 0 bridgehead atoms. The summed E-state index contributed by atoms with van der Waals surface area (Å²) >= 11 is 1.63. The van der Waals surface area contributed by atoms with Gasteiger partial charge in [0, 0.05) is 11.0 Å². The summed E-state index contributed by atoms with van der Waals surface area (Å²) in [6.45, 7) is 6.11. The van der Waals surface area contributed by atoms with Gasteiger partial charge in [-0.1, -0.05) is 20.8 Å². The molecule has 0 saturated heterocycles. The predicted octanol–water partition coefficient (Wildman–Crippen LogP) is 1.40. The number of nitrogens with zero attached hydrogens (tertiary/aromatic N) is 2. The first-order valence-electron chi connectivity index (χ1n) is 5.54. The first kappa shape index (κ1) is 14.4. The molecule has 1 rings (SSSR count). The molecule has 1 aromatic heterocycles. The van der Waals surface area contributed by atoms with Gasteiger partial charge in [-0.15, -0.1) is 11.8 Å². The van der Waals surface area contributed by atoms with E-state index in [9.17, 15) is 8.42 Å². The molecule has 7 heteroatoms. The molecule has 0 aliphatic rings. The lowest BCUT2D eigenvalue weighted by Crippen LogP contribution is -2.16. The number of aromatic nitrogens is 2. The van der Waals surface area contributed by atoms with Crippen LogP contribution in [0.1, 0.15) is 20.8 Å². The lowest BCUT2D eigenvalue weighted by Gasteiger charge is -2.06. The van der Waals surface area contributed by atoms with Gasteiger partial charge in [0.15, 0.2) is 9.84 Å². The van der Waals surface area contributed by atoms with Crippen molar-refractivity contribution >= 4 is 27.4 Å². The van der Waals surface area contributed by atoms with Crippen molar-refractivity contribution < 1.29 is 8.42 Å². The molecule has 0 aliphatic heterocycles. The molecule has 0 fully saturated rings. The molecule has 0 unspecified atom stereocenters. The van der Waals surface area contributed by atoms with Crippen molar-refractivity contribution in [1.29, 1.82) is 0 Å². The summed E-state index contributed by atoms with van der Waals surface area (Å²) in [5.74, 6) is 0.790. The molecule has 0 aliphatic carbocycles. The number of sulfone groups is 1. The second-order valence-electron chi connectivity index (χ2n) is 4.02. The van der Waals surface area contributed by atoms with Gasteiger partial charge >= 0.3 is 0 Å². The van der Waals surface area contributed by atoms with Crippen LogP contribution in [0, 0.1) is 0 Å². The SMILES string of the molecule is CCS(=O)(=O)CCn1ncc(SC(C)C)c1N. The maximum Gasteiger partial charge on any atom is 0.151 e. The van der Waals surface area contributed by atoms with Crippen LogP contribution in [0.3, 0.4) is 0 Å². The fourth-order valence-corrected chi connectivity index (χ4v) is 2.85. The van der Waals surface area contributed by atoms with Crippen LogP contribution in [0.2, 0.25) is 0 Å². The molecular weight excluding hydrogens is 258 g/mol. The van der Waals surface area contributed by atoms with E-state index in [2.05, 4.69) is 18.9 Å². The van der Waals surface area contributed by atoms with E-state index in [0.717, 1.165) is 4.90 Å². The summed E-state index contributed by atoms with van der Waals surface area (Å²) in [5.41, 5.74) is 5.91. The number of hydrogen-bond donors (Lipinski definition) is 1. The Kier molecular flexibility index (Phi) is 4.88. The Hall–Kier alpha value is -0.690. The van der Waals surface area contributed by atoms with Crippen LogP contribution in [-0.2, 0) is 16.4 Å². The summed E-state index contributed by atoms with van der Waals surface area (Å²) in [6, 6.07) is 0. The second-order valence-corrected chi connectivity index (χ2v) is 8.11. The van der Waals surface area contributed by atoms with Crippen molar-refractivity contribution in [2.24, 2.45) is 0 Å². The number of hydrogen-bond acceptors (Lipinski definition) is 5. The Morgan fingerprint density at radius 3 is 2.71 bits per heavy atom. The van der Waals surface area contributed by atoms with Crippen molar-refractivity contribution in [3.8, 4) is 0 Å². The molecule has 2 N–H and O–H groups in total. The van der Waals surface area contributed by atoms with Gasteiger partial charge in [0.25, 0.3) is 0 Å². The smallest absolute Gasteiger partial charge is 0.151 e. The highest BCUT2D eigenvalue weighted by atomic mass is 32.2. The molecule has 1 heterocycles. The first-order valence-corrected chi connectivity index (χ1v) is 8.24. The van der Waals surface area contributed by atoms with Gasteiger partial charge in [-0.2, -0.15) is 5.10 Å². The molecule has 0 amide bonds. The molecule has 17 heavy (non-hydrogen) atoms. The summed E-state index contributed by atoms with van der Waals surface area (Å²) in [5, 5.41) is 4.54.